The Morgan fingerprint density at radius 1 is 1.23 bits per heavy atom. The zero-order valence-electron chi connectivity index (χ0n) is 15.7. The molecule has 138 valence electrons. The van der Waals surface area contributed by atoms with Gasteiger partial charge in [0.05, 0.1) is 11.3 Å². The standard InChI is InChI=1S/C20H26N4O2/c1-14-18-20(23(3)21-14)26-17-10-5-4-9-16(17)19(25)24(18)13-11-15-8-6-7-12-22(15)2/h4-5,9-10,15H,6-8,11-13H2,1-3H3. The van der Waals surface area contributed by atoms with Crippen LogP contribution in [0.1, 0.15) is 41.7 Å². The molecule has 1 saturated heterocycles. The number of ether oxygens (including phenoxy) is 1. The second kappa shape index (κ2) is 6.76. The molecule has 6 heteroatoms. The second-order valence-corrected chi connectivity index (χ2v) is 7.34. The zero-order chi connectivity index (χ0) is 18.3. The average Bonchev–Trinajstić information content (AvgIpc) is 2.83. The topological polar surface area (TPSA) is 50.6 Å². The molecule has 1 aromatic heterocycles. The highest BCUT2D eigenvalue weighted by atomic mass is 16.5. The quantitative estimate of drug-likeness (QED) is 0.848. The molecular formula is C20H26N4O2. The lowest BCUT2D eigenvalue weighted by Crippen LogP contribution is -2.40. The predicted octanol–water partition coefficient (Wildman–Crippen LogP) is 3.36. The number of hydrogen-bond donors (Lipinski definition) is 0. The van der Waals surface area contributed by atoms with E-state index in [0.29, 0.717) is 29.8 Å². The smallest absolute Gasteiger partial charge is 0.262 e. The fourth-order valence-electron chi connectivity index (χ4n) is 4.13. The summed E-state index contributed by atoms with van der Waals surface area (Å²) in [6.07, 6.45) is 4.69. The Morgan fingerprint density at radius 3 is 2.85 bits per heavy atom. The first-order valence-electron chi connectivity index (χ1n) is 9.39. The van der Waals surface area contributed by atoms with Gasteiger partial charge >= 0.3 is 0 Å². The van der Waals surface area contributed by atoms with E-state index in [1.807, 2.05) is 43.1 Å². The minimum absolute atomic E-state index is 0.00564. The molecule has 0 spiro atoms. The van der Waals surface area contributed by atoms with E-state index in [1.54, 1.807) is 4.68 Å². The molecule has 2 aliphatic heterocycles. The molecule has 0 bridgehead atoms. The van der Waals surface area contributed by atoms with Gasteiger partial charge in [0, 0.05) is 19.6 Å². The highest BCUT2D eigenvalue weighted by Crippen LogP contribution is 2.40. The first-order chi connectivity index (χ1) is 12.6. The number of fused-ring (bicyclic) bond motifs is 2. The van der Waals surface area contributed by atoms with Crippen LogP contribution in [-0.2, 0) is 7.05 Å². The van der Waals surface area contributed by atoms with Gasteiger partial charge in [-0.15, -0.1) is 0 Å². The number of aromatic nitrogens is 2. The van der Waals surface area contributed by atoms with Crippen molar-refractivity contribution in [3.05, 3.63) is 35.5 Å². The van der Waals surface area contributed by atoms with Crippen molar-refractivity contribution in [2.75, 3.05) is 25.0 Å². The van der Waals surface area contributed by atoms with Crippen molar-refractivity contribution in [3.8, 4) is 11.6 Å². The normalized spacial score (nSPS) is 20.3. The number of carbonyl (C=O) groups is 1. The lowest BCUT2D eigenvalue weighted by Gasteiger charge is -2.34. The molecule has 26 heavy (non-hydrogen) atoms. The van der Waals surface area contributed by atoms with Crippen LogP contribution >= 0.6 is 0 Å². The first kappa shape index (κ1) is 17.1. The summed E-state index contributed by atoms with van der Waals surface area (Å²) in [5.41, 5.74) is 2.23. The van der Waals surface area contributed by atoms with E-state index in [2.05, 4.69) is 17.0 Å². The lowest BCUT2D eigenvalue weighted by molar-refractivity contribution is 0.0981. The third kappa shape index (κ3) is 2.88. The van der Waals surface area contributed by atoms with Crippen LogP contribution in [0.5, 0.6) is 11.6 Å². The number of amides is 1. The monoisotopic (exact) mass is 354 g/mol. The molecule has 3 heterocycles. The number of likely N-dealkylation sites (tertiary alicyclic amines) is 1. The van der Waals surface area contributed by atoms with Gasteiger partial charge in [0.15, 0.2) is 0 Å². The molecule has 1 fully saturated rings. The molecule has 1 unspecified atom stereocenters. The van der Waals surface area contributed by atoms with Crippen LogP contribution in [0, 0.1) is 6.92 Å². The fourth-order valence-corrected chi connectivity index (χ4v) is 4.13. The van der Waals surface area contributed by atoms with Crippen LogP contribution in [0.2, 0.25) is 0 Å². The molecule has 0 N–H and O–H groups in total. The van der Waals surface area contributed by atoms with Crippen LogP contribution in [0.3, 0.4) is 0 Å². The maximum Gasteiger partial charge on any atom is 0.262 e. The molecule has 0 saturated carbocycles. The molecule has 4 rings (SSSR count). The van der Waals surface area contributed by atoms with Gasteiger partial charge in [0.2, 0.25) is 5.88 Å². The van der Waals surface area contributed by atoms with Crippen LogP contribution in [0.15, 0.2) is 24.3 Å². The highest BCUT2D eigenvalue weighted by molar-refractivity contribution is 6.09. The Morgan fingerprint density at radius 2 is 2.04 bits per heavy atom. The summed E-state index contributed by atoms with van der Waals surface area (Å²) < 4.78 is 7.82. The Labute approximate surface area is 154 Å². The van der Waals surface area contributed by atoms with Crippen molar-refractivity contribution < 1.29 is 9.53 Å². The van der Waals surface area contributed by atoms with Gasteiger partial charge < -0.3 is 14.5 Å². The van der Waals surface area contributed by atoms with E-state index in [0.717, 1.165) is 24.3 Å². The molecule has 1 atom stereocenters. The molecule has 6 nitrogen and oxygen atoms in total. The van der Waals surface area contributed by atoms with Crippen LogP contribution in [0.4, 0.5) is 5.69 Å². The summed E-state index contributed by atoms with van der Waals surface area (Å²) in [5, 5.41) is 4.49. The molecule has 0 radical (unpaired) electrons. The maximum absolute atomic E-state index is 13.3. The van der Waals surface area contributed by atoms with Crippen molar-refractivity contribution in [2.45, 2.75) is 38.6 Å². The van der Waals surface area contributed by atoms with Crippen LogP contribution in [-0.4, -0.2) is 46.8 Å². The summed E-state index contributed by atoms with van der Waals surface area (Å²) in [6.45, 7) is 3.75. The molecule has 0 aliphatic carbocycles. The first-order valence-corrected chi connectivity index (χ1v) is 9.39. The van der Waals surface area contributed by atoms with Crippen LogP contribution < -0.4 is 9.64 Å². The van der Waals surface area contributed by atoms with E-state index >= 15 is 0 Å². The number of hydrogen-bond acceptors (Lipinski definition) is 4. The van der Waals surface area contributed by atoms with Crippen molar-refractivity contribution in [1.29, 1.82) is 0 Å². The molecule has 2 aliphatic rings. The number of para-hydroxylation sites is 1. The van der Waals surface area contributed by atoms with E-state index in [-0.39, 0.29) is 5.91 Å². The largest absolute Gasteiger partial charge is 0.436 e. The molecule has 1 amide bonds. The lowest BCUT2D eigenvalue weighted by atomic mass is 9.99. The maximum atomic E-state index is 13.3. The van der Waals surface area contributed by atoms with Gasteiger partial charge in [-0.05, 0) is 51.9 Å². The fraction of sp³-hybridized carbons (Fsp3) is 0.500. The average molecular weight is 354 g/mol. The van der Waals surface area contributed by atoms with Gasteiger partial charge in [-0.3, -0.25) is 4.79 Å². The van der Waals surface area contributed by atoms with E-state index in [4.69, 9.17) is 4.74 Å². The third-order valence-electron chi connectivity index (χ3n) is 5.59. The Hall–Kier alpha value is -2.34. The zero-order valence-corrected chi connectivity index (χ0v) is 15.7. The Balaban J connectivity index is 1.69. The number of carbonyl (C=O) groups excluding carboxylic acids is 1. The number of rotatable bonds is 3. The molecule has 1 aromatic carbocycles. The van der Waals surface area contributed by atoms with Gasteiger partial charge in [-0.2, -0.15) is 5.10 Å². The summed E-state index contributed by atoms with van der Waals surface area (Å²) in [5.74, 6) is 1.23. The van der Waals surface area contributed by atoms with E-state index in [1.165, 1.54) is 19.3 Å². The van der Waals surface area contributed by atoms with Gasteiger partial charge in [0.1, 0.15) is 11.4 Å². The summed E-state index contributed by atoms with van der Waals surface area (Å²) >= 11 is 0. The van der Waals surface area contributed by atoms with Crippen molar-refractivity contribution in [1.82, 2.24) is 14.7 Å². The SMILES string of the molecule is Cc1nn(C)c2c1N(CCC1CCCCN1C)C(=O)c1ccccc1O2. The number of nitrogens with zero attached hydrogens (tertiary/aromatic N) is 4. The highest BCUT2D eigenvalue weighted by Gasteiger charge is 2.33. The van der Waals surface area contributed by atoms with Gasteiger partial charge in [0.25, 0.3) is 5.91 Å². The van der Waals surface area contributed by atoms with E-state index in [9.17, 15) is 4.79 Å². The number of benzene rings is 1. The molecular weight excluding hydrogens is 328 g/mol. The number of anilines is 1. The Bertz CT molecular complexity index is 829. The minimum atomic E-state index is -0.00564. The summed E-state index contributed by atoms with van der Waals surface area (Å²) in [7, 11) is 4.05. The summed E-state index contributed by atoms with van der Waals surface area (Å²) in [6, 6.07) is 7.98. The third-order valence-corrected chi connectivity index (χ3v) is 5.59. The van der Waals surface area contributed by atoms with Gasteiger partial charge in [-0.25, -0.2) is 4.68 Å². The number of aryl methyl sites for hydroxylation is 2. The minimum Gasteiger partial charge on any atom is -0.436 e. The second-order valence-electron chi connectivity index (χ2n) is 7.34. The number of piperidine rings is 1. The van der Waals surface area contributed by atoms with Crippen molar-refractivity contribution in [3.63, 3.8) is 0 Å². The van der Waals surface area contributed by atoms with Gasteiger partial charge in [-0.1, -0.05) is 18.6 Å². The van der Waals surface area contributed by atoms with Crippen molar-refractivity contribution >= 4 is 11.6 Å². The molecule has 2 aromatic rings. The summed E-state index contributed by atoms with van der Waals surface area (Å²) in [4.78, 5) is 17.6. The van der Waals surface area contributed by atoms with Crippen LogP contribution in [0.25, 0.3) is 0 Å². The van der Waals surface area contributed by atoms with E-state index < -0.39 is 0 Å². The Kier molecular flexibility index (Phi) is 4.44. The predicted molar refractivity (Wildman–Crippen MR) is 101 cm³/mol. The van der Waals surface area contributed by atoms with Crippen molar-refractivity contribution in [2.24, 2.45) is 7.05 Å².